The highest BCUT2D eigenvalue weighted by Crippen LogP contribution is 2.18. The highest BCUT2D eigenvalue weighted by molar-refractivity contribution is 6.00. The summed E-state index contributed by atoms with van der Waals surface area (Å²) in [6.45, 7) is 8.91. The lowest BCUT2D eigenvalue weighted by Crippen LogP contribution is -2.15. The van der Waals surface area contributed by atoms with E-state index >= 15 is 0 Å². The van der Waals surface area contributed by atoms with E-state index in [0.717, 1.165) is 24.4 Å². The van der Waals surface area contributed by atoms with Crippen molar-refractivity contribution in [3.8, 4) is 0 Å². The van der Waals surface area contributed by atoms with Crippen LogP contribution in [0.25, 0.3) is 0 Å². The van der Waals surface area contributed by atoms with Gasteiger partial charge in [0.2, 0.25) is 5.78 Å². The second-order valence-electron chi connectivity index (χ2n) is 6.52. The van der Waals surface area contributed by atoms with E-state index in [2.05, 4.69) is 23.5 Å². The standard InChI is InChI=1S/C18H25N3O3/c1-12(2)6-7-21-13(3)8-16(14(21)4)17(22)11-24-18(23)15-9-19-20(5)10-15/h8-10,12H,6-7,11H2,1-5H3. The van der Waals surface area contributed by atoms with Gasteiger partial charge in [-0.25, -0.2) is 4.79 Å². The molecule has 0 aromatic carbocycles. The topological polar surface area (TPSA) is 66.1 Å². The van der Waals surface area contributed by atoms with Gasteiger partial charge in [0.25, 0.3) is 0 Å². The average Bonchev–Trinajstić information content (AvgIpc) is 3.07. The molecule has 6 nitrogen and oxygen atoms in total. The molecule has 0 aliphatic heterocycles. The lowest BCUT2D eigenvalue weighted by Gasteiger charge is -2.11. The molecule has 0 unspecified atom stereocenters. The van der Waals surface area contributed by atoms with Gasteiger partial charge in [-0.15, -0.1) is 0 Å². The summed E-state index contributed by atoms with van der Waals surface area (Å²) in [5.74, 6) is -0.119. The first-order valence-electron chi connectivity index (χ1n) is 8.15. The van der Waals surface area contributed by atoms with Crippen LogP contribution in [0.1, 0.15) is 52.4 Å². The summed E-state index contributed by atoms with van der Waals surface area (Å²) >= 11 is 0. The Labute approximate surface area is 142 Å². The molecule has 24 heavy (non-hydrogen) atoms. The molecule has 0 N–H and O–H groups in total. The Morgan fingerprint density at radius 3 is 2.58 bits per heavy atom. The fourth-order valence-corrected chi connectivity index (χ4v) is 2.63. The van der Waals surface area contributed by atoms with Crippen molar-refractivity contribution in [2.24, 2.45) is 13.0 Å². The number of carbonyl (C=O) groups excluding carboxylic acids is 2. The quantitative estimate of drug-likeness (QED) is 0.578. The molecular formula is C18H25N3O3. The third-order valence-electron chi connectivity index (χ3n) is 4.08. The van der Waals surface area contributed by atoms with Gasteiger partial charge in [0.05, 0.1) is 11.8 Å². The first-order chi connectivity index (χ1) is 11.3. The molecule has 0 aliphatic carbocycles. The molecule has 0 saturated carbocycles. The number of ketones is 1. The Morgan fingerprint density at radius 1 is 1.29 bits per heavy atom. The molecule has 2 rings (SSSR count). The maximum atomic E-state index is 12.4. The van der Waals surface area contributed by atoms with Crippen LogP contribution in [0.5, 0.6) is 0 Å². The average molecular weight is 331 g/mol. The molecule has 0 amide bonds. The van der Waals surface area contributed by atoms with Crippen LogP contribution >= 0.6 is 0 Å². The van der Waals surface area contributed by atoms with Gasteiger partial charge in [-0.1, -0.05) is 13.8 Å². The minimum atomic E-state index is -0.537. The van der Waals surface area contributed by atoms with Gasteiger partial charge in [0.1, 0.15) is 0 Å². The number of carbonyl (C=O) groups is 2. The number of esters is 1. The van der Waals surface area contributed by atoms with Crippen molar-refractivity contribution >= 4 is 11.8 Å². The summed E-state index contributed by atoms with van der Waals surface area (Å²) < 4.78 is 8.77. The third-order valence-corrected chi connectivity index (χ3v) is 4.08. The fourth-order valence-electron chi connectivity index (χ4n) is 2.63. The minimum absolute atomic E-state index is 0.184. The molecule has 2 aromatic rings. The molecule has 0 saturated heterocycles. The van der Waals surface area contributed by atoms with Crippen LogP contribution in [0.4, 0.5) is 0 Å². The molecule has 0 bridgehead atoms. The van der Waals surface area contributed by atoms with E-state index in [1.807, 2.05) is 19.9 Å². The van der Waals surface area contributed by atoms with E-state index < -0.39 is 5.97 Å². The number of aryl methyl sites for hydroxylation is 2. The number of aromatic nitrogens is 3. The Balaban J connectivity index is 2.02. The van der Waals surface area contributed by atoms with Crippen LogP contribution < -0.4 is 0 Å². The van der Waals surface area contributed by atoms with Crippen LogP contribution in [0.15, 0.2) is 18.5 Å². The first kappa shape index (κ1) is 18.0. The maximum absolute atomic E-state index is 12.4. The van der Waals surface area contributed by atoms with Crippen LogP contribution in [0, 0.1) is 19.8 Å². The van der Waals surface area contributed by atoms with Crippen molar-refractivity contribution in [3.63, 3.8) is 0 Å². The van der Waals surface area contributed by atoms with Gasteiger partial charge >= 0.3 is 5.97 Å². The number of rotatable bonds is 7. The van der Waals surface area contributed by atoms with Gasteiger partial charge in [0, 0.05) is 36.7 Å². The summed E-state index contributed by atoms with van der Waals surface area (Å²) in [5, 5.41) is 3.91. The Bertz CT molecular complexity index is 741. The summed E-state index contributed by atoms with van der Waals surface area (Å²) in [7, 11) is 1.72. The van der Waals surface area contributed by atoms with Crippen molar-refractivity contribution in [1.82, 2.24) is 14.3 Å². The van der Waals surface area contributed by atoms with Gasteiger partial charge < -0.3 is 9.30 Å². The van der Waals surface area contributed by atoms with E-state index in [1.54, 1.807) is 13.2 Å². The predicted molar refractivity (Wildman–Crippen MR) is 91.2 cm³/mol. The zero-order valence-electron chi connectivity index (χ0n) is 15.0. The summed E-state index contributed by atoms with van der Waals surface area (Å²) in [6.07, 6.45) is 4.04. The largest absolute Gasteiger partial charge is 0.454 e. The van der Waals surface area contributed by atoms with Crippen LogP contribution in [-0.4, -0.2) is 32.7 Å². The lowest BCUT2D eigenvalue weighted by molar-refractivity contribution is 0.0474. The molecule has 2 aromatic heterocycles. The second-order valence-corrected chi connectivity index (χ2v) is 6.52. The third kappa shape index (κ3) is 4.13. The molecule has 2 heterocycles. The molecule has 0 aliphatic rings. The number of ether oxygens (including phenoxy) is 1. The second kappa shape index (κ2) is 7.47. The Hall–Kier alpha value is -2.37. The molecule has 0 fully saturated rings. The first-order valence-corrected chi connectivity index (χ1v) is 8.15. The number of hydrogen-bond donors (Lipinski definition) is 0. The summed E-state index contributed by atoms with van der Waals surface area (Å²) in [5.41, 5.74) is 2.94. The number of nitrogens with zero attached hydrogens (tertiary/aromatic N) is 3. The SMILES string of the molecule is Cc1cc(C(=O)COC(=O)c2cnn(C)c2)c(C)n1CCC(C)C. The summed E-state index contributed by atoms with van der Waals surface area (Å²) in [4.78, 5) is 24.3. The lowest BCUT2D eigenvalue weighted by atomic mass is 10.1. The Morgan fingerprint density at radius 2 is 2.00 bits per heavy atom. The molecule has 130 valence electrons. The highest BCUT2D eigenvalue weighted by atomic mass is 16.5. The van der Waals surface area contributed by atoms with Crippen LogP contribution in [-0.2, 0) is 18.3 Å². The van der Waals surface area contributed by atoms with E-state index in [-0.39, 0.29) is 12.4 Å². The highest BCUT2D eigenvalue weighted by Gasteiger charge is 2.18. The fraction of sp³-hybridized carbons (Fsp3) is 0.500. The van der Waals surface area contributed by atoms with Crippen molar-refractivity contribution < 1.29 is 14.3 Å². The normalized spacial score (nSPS) is 11.1. The van der Waals surface area contributed by atoms with E-state index in [4.69, 9.17) is 4.74 Å². The molecule has 0 atom stereocenters. The van der Waals surface area contributed by atoms with Gasteiger partial charge in [-0.3, -0.25) is 9.48 Å². The predicted octanol–water partition coefficient (Wildman–Crippen LogP) is 2.92. The van der Waals surface area contributed by atoms with Crippen molar-refractivity contribution in [2.75, 3.05) is 6.61 Å². The Kier molecular flexibility index (Phi) is 5.59. The number of hydrogen-bond acceptors (Lipinski definition) is 4. The minimum Gasteiger partial charge on any atom is -0.454 e. The van der Waals surface area contributed by atoms with Crippen LogP contribution in [0.2, 0.25) is 0 Å². The zero-order valence-corrected chi connectivity index (χ0v) is 15.0. The van der Waals surface area contributed by atoms with Crippen molar-refractivity contribution in [3.05, 3.63) is 41.0 Å². The molecular weight excluding hydrogens is 306 g/mol. The zero-order chi connectivity index (χ0) is 17.9. The summed E-state index contributed by atoms with van der Waals surface area (Å²) in [6, 6.07) is 1.87. The van der Waals surface area contributed by atoms with Crippen LogP contribution in [0.3, 0.4) is 0 Å². The van der Waals surface area contributed by atoms with E-state index in [9.17, 15) is 9.59 Å². The number of Topliss-reactive ketones (excluding diaryl/α,β-unsaturated/α-hetero) is 1. The molecule has 0 spiro atoms. The van der Waals surface area contributed by atoms with Crippen molar-refractivity contribution in [2.45, 2.75) is 40.7 Å². The maximum Gasteiger partial charge on any atom is 0.341 e. The van der Waals surface area contributed by atoms with Gasteiger partial charge in [-0.05, 0) is 32.3 Å². The van der Waals surface area contributed by atoms with E-state index in [1.165, 1.54) is 10.9 Å². The van der Waals surface area contributed by atoms with Gasteiger partial charge in [-0.2, -0.15) is 5.10 Å². The molecule has 6 heteroatoms. The van der Waals surface area contributed by atoms with Crippen molar-refractivity contribution in [1.29, 1.82) is 0 Å². The van der Waals surface area contributed by atoms with Gasteiger partial charge in [0.15, 0.2) is 6.61 Å². The molecule has 0 radical (unpaired) electrons. The smallest absolute Gasteiger partial charge is 0.341 e. The monoisotopic (exact) mass is 331 g/mol. The van der Waals surface area contributed by atoms with E-state index in [0.29, 0.717) is 17.0 Å².